The van der Waals surface area contributed by atoms with E-state index in [1.807, 2.05) is 75.4 Å². The molecule has 0 bridgehead atoms. The van der Waals surface area contributed by atoms with Gasteiger partial charge < -0.3 is 9.73 Å². The number of nitrogens with one attached hydrogen (secondary N) is 1. The van der Waals surface area contributed by atoms with E-state index in [4.69, 9.17) is 4.42 Å². The Hall–Kier alpha value is -2.60. The van der Waals surface area contributed by atoms with Gasteiger partial charge in [0.15, 0.2) is 0 Å². The molecule has 6 heteroatoms. The molecule has 1 N–H and O–H groups in total. The van der Waals surface area contributed by atoms with Gasteiger partial charge in [0.05, 0.1) is 0 Å². The van der Waals surface area contributed by atoms with Crippen LogP contribution < -0.4 is 5.32 Å². The van der Waals surface area contributed by atoms with Crippen molar-refractivity contribution in [2.75, 3.05) is 0 Å². The average Bonchev–Trinajstić information content (AvgIpc) is 3.08. The predicted molar refractivity (Wildman–Crippen MR) is 103 cm³/mol. The molecular weight excluding hydrogens is 346 g/mol. The Labute approximate surface area is 157 Å². The third-order valence-corrected chi connectivity index (χ3v) is 4.86. The number of aromatic nitrogens is 2. The molecule has 134 valence electrons. The van der Waals surface area contributed by atoms with Crippen LogP contribution in [0.15, 0.2) is 64.2 Å². The topological polar surface area (TPSA) is 68.0 Å². The molecule has 0 aliphatic carbocycles. The number of hydrogen-bond donors (Lipinski definition) is 1. The molecule has 3 rings (SSSR count). The second kappa shape index (κ2) is 8.19. The van der Waals surface area contributed by atoms with Crippen molar-refractivity contribution in [1.82, 2.24) is 15.5 Å². The highest BCUT2D eigenvalue weighted by Gasteiger charge is 2.25. The number of hydrogen-bond acceptors (Lipinski definition) is 5. The third-order valence-electron chi connectivity index (χ3n) is 3.77. The smallest absolute Gasteiger partial charge is 0.277 e. The summed E-state index contributed by atoms with van der Waals surface area (Å²) >= 11 is 1.26. The lowest BCUT2D eigenvalue weighted by atomic mass is 10.1. The van der Waals surface area contributed by atoms with Crippen LogP contribution in [0.5, 0.6) is 0 Å². The monoisotopic (exact) mass is 367 g/mol. The molecule has 1 aromatic heterocycles. The number of nitrogens with zero attached hydrogens (tertiary/aromatic N) is 2. The molecule has 1 heterocycles. The van der Waals surface area contributed by atoms with E-state index < -0.39 is 5.25 Å². The van der Waals surface area contributed by atoms with E-state index in [2.05, 4.69) is 15.5 Å². The quantitative estimate of drug-likeness (QED) is 0.654. The van der Waals surface area contributed by atoms with Gasteiger partial charge in [-0.1, -0.05) is 48.5 Å². The minimum atomic E-state index is -0.455. The van der Waals surface area contributed by atoms with Gasteiger partial charge in [-0.2, -0.15) is 0 Å². The van der Waals surface area contributed by atoms with Gasteiger partial charge in [0.25, 0.3) is 5.22 Å². The number of carbonyl (C=O) groups excluding carboxylic acids is 1. The van der Waals surface area contributed by atoms with Crippen LogP contribution in [0.2, 0.25) is 0 Å². The normalized spacial score (nSPS) is 12.2. The second-order valence-corrected chi connectivity index (χ2v) is 7.32. The van der Waals surface area contributed by atoms with Crippen molar-refractivity contribution in [1.29, 1.82) is 0 Å². The Kier molecular flexibility index (Phi) is 5.73. The molecule has 1 atom stereocenters. The fraction of sp³-hybridized carbons (Fsp3) is 0.250. The summed E-state index contributed by atoms with van der Waals surface area (Å²) in [6.07, 6.45) is 0. The van der Waals surface area contributed by atoms with E-state index in [0.717, 1.165) is 16.7 Å². The van der Waals surface area contributed by atoms with Gasteiger partial charge in [-0.15, -0.1) is 10.2 Å². The zero-order chi connectivity index (χ0) is 18.5. The maximum atomic E-state index is 12.7. The SMILES string of the molecule is Cc1ccccc1-c1nnc(S[C@H](C(=O)NC(C)C)c2ccccc2)o1. The number of amides is 1. The molecule has 0 saturated carbocycles. The summed E-state index contributed by atoms with van der Waals surface area (Å²) in [4.78, 5) is 12.7. The lowest BCUT2D eigenvalue weighted by Crippen LogP contribution is -2.33. The van der Waals surface area contributed by atoms with Crippen LogP contribution in [0.4, 0.5) is 0 Å². The molecule has 0 unspecified atom stereocenters. The number of thioether (sulfide) groups is 1. The first kappa shape index (κ1) is 18.2. The molecule has 0 saturated heterocycles. The molecule has 1 amide bonds. The van der Waals surface area contributed by atoms with Crippen molar-refractivity contribution in [3.05, 3.63) is 65.7 Å². The lowest BCUT2D eigenvalue weighted by molar-refractivity contribution is -0.121. The van der Waals surface area contributed by atoms with Crippen LogP contribution in [-0.4, -0.2) is 22.1 Å². The maximum Gasteiger partial charge on any atom is 0.277 e. The molecule has 0 aliphatic rings. The summed E-state index contributed by atoms with van der Waals surface area (Å²) in [5.74, 6) is 0.383. The first-order chi connectivity index (χ1) is 12.5. The minimum Gasteiger partial charge on any atom is -0.411 e. The summed E-state index contributed by atoms with van der Waals surface area (Å²) in [5.41, 5.74) is 2.85. The highest BCUT2D eigenvalue weighted by Crippen LogP contribution is 2.36. The molecule has 26 heavy (non-hydrogen) atoms. The van der Waals surface area contributed by atoms with Gasteiger partial charge in [0.1, 0.15) is 5.25 Å². The minimum absolute atomic E-state index is 0.0551. The van der Waals surface area contributed by atoms with Crippen LogP contribution in [-0.2, 0) is 4.79 Å². The van der Waals surface area contributed by atoms with Gasteiger partial charge in [-0.05, 0) is 49.7 Å². The van der Waals surface area contributed by atoms with Crippen molar-refractivity contribution in [3.8, 4) is 11.5 Å². The summed E-state index contributed by atoms with van der Waals surface area (Å²) in [6.45, 7) is 5.87. The summed E-state index contributed by atoms with van der Waals surface area (Å²) in [6, 6.07) is 17.5. The molecule has 5 nitrogen and oxygen atoms in total. The zero-order valence-electron chi connectivity index (χ0n) is 15.0. The van der Waals surface area contributed by atoms with Gasteiger partial charge in [0, 0.05) is 11.6 Å². The van der Waals surface area contributed by atoms with E-state index in [9.17, 15) is 4.79 Å². The van der Waals surface area contributed by atoms with Crippen LogP contribution in [0.3, 0.4) is 0 Å². The summed E-state index contributed by atoms with van der Waals surface area (Å²) in [7, 11) is 0. The Morgan fingerprint density at radius 3 is 2.42 bits per heavy atom. The van der Waals surface area contributed by atoms with Gasteiger partial charge >= 0.3 is 0 Å². The van der Waals surface area contributed by atoms with E-state index in [-0.39, 0.29) is 11.9 Å². The highest BCUT2D eigenvalue weighted by atomic mass is 32.2. The van der Waals surface area contributed by atoms with Crippen molar-refractivity contribution in [3.63, 3.8) is 0 Å². The zero-order valence-corrected chi connectivity index (χ0v) is 15.8. The largest absolute Gasteiger partial charge is 0.411 e. The molecule has 0 radical (unpaired) electrons. The molecule has 2 aromatic carbocycles. The van der Waals surface area contributed by atoms with Crippen molar-refractivity contribution >= 4 is 17.7 Å². The first-order valence-electron chi connectivity index (χ1n) is 8.46. The second-order valence-electron chi connectivity index (χ2n) is 6.26. The number of carbonyl (C=O) groups is 1. The third kappa shape index (κ3) is 4.32. The van der Waals surface area contributed by atoms with Gasteiger partial charge in [-0.25, -0.2) is 0 Å². The fourth-order valence-electron chi connectivity index (χ4n) is 2.54. The molecule has 0 spiro atoms. The molecular formula is C20H21N3O2S. The Balaban J connectivity index is 1.86. The maximum absolute atomic E-state index is 12.7. The van der Waals surface area contributed by atoms with Crippen LogP contribution >= 0.6 is 11.8 Å². The highest BCUT2D eigenvalue weighted by molar-refractivity contribution is 8.00. The number of rotatable bonds is 6. The van der Waals surface area contributed by atoms with E-state index in [1.54, 1.807) is 0 Å². The van der Waals surface area contributed by atoms with Gasteiger partial charge in [0.2, 0.25) is 11.8 Å². The van der Waals surface area contributed by atoms with Crippen LogP contribution in [0, 0.1) is 6.92 Å². The van der Waals surface area contributed by atoms with E-state index >= 15 is 0 Å². The van der Waals surface area contributed by atoms with Crippen LogP contribution in [0.25, 0.3) is 11.5 Å². The number of benzene rings is 2. The standard InChI is InChI=1S/C20H21N3O2S/c1-13(2)21-18(24)17(15-10-5-4-6-11-15)26-20-23-22-19(25-20)16-12-8-7-9-14(16)3/h4-13,17H,1-3H3,(H,21,24)/t17-/m0/s1. The Morgan fingerprint density at radius 1 is 1.04 bits per heavy atom. The molecule has 0 fully saturated rings. The Morgan fingerprint density at radius 2 is 1.73 bits per heavy atom. The summed E-state index contributed by atoms with van der Waals surface area (Å²) < 4.78 is 5.82. The fourth-order valence-corrected chi connectivity index (χ4v) is 3.43. The summed E-state index contributed by atoms with van der Waals surface area (Å²) in [5, 5.41) is 11.1. The van der Waals surface area contributed by atoms with Crippen molar-refractivity contribution in [2.24, 2.45) is 0 Å². The molecule has 3 aromatic rings. The number of aryl methyl sites for hydroxylation is 1. The van der Waals surface area contributed by atoms with Crippen LogP contribution in [0.1, 0.15) is 30.2 Å². The van der Waals surface area contributed by atoms with E-state index in [1.165, 1.54) is 11.8 Å². The van der Waals surface area contributed by atoms with Crippen molar-refractivity contribution < 1.29 is 9.21 Å². The Bertz CT molecular complexity index is 878. The predicted octanol–water partition coefficient (Wildman–Crippen LogP) is 4.40. The first-order valence-corrected chi connectivity index (χ1v) is 9.34. The molecule has 0 aliphatic heterocycles. The van der Waals surface area contributed by atoms with Gasteiger partial charge in [-0.3, -0.25) is 4.79 Å². The average molecular weight is 367 g/mol. The lowest BCUT2D eigenvalue weighted by Gasteiger charge is -2.16. The van der Waals surface area contributed by atoms with Crippen molar-refractivity contribution in [2.45, 2.75) is 37.3 Å². The van der Waals surface area contributed by atoms with E-state index in [0.29, 0.717) is 11.1 Å².